The van der Waals surface area contributed by atoms with E-state index in [1.807, 2.05) is 32.9 Å². The average molecular weight is 269 g/mol. The molecule has 1 heterocycles. The van der Waals surface area contributed by atoms with Crippen molar-refractivity contribution in [1.29, 1.82) is 0 Å². The number of thiazole rings is 1. The van der Waals surface area contributed by atoms with Crippen molar-refractivity contribution < 1.29 is 0 Å². The van der Waals surface area contributed by atoms with E-state index >= 15 is 0 Å². The smallest absolute Gasteiger partial charge is 0.161 e. The zero-order chi connectivity index (χ0) is 11.5. The van der Waals surface area contributed by atoms with Gasteiger partial charge in [0.05, 0.1) is 10.2 Å². The van der Waals surface area contributed by atoms with Crippen LogP contribution in [-0.2, 0) is 0 Å². The summed E-state index contributed by atoms with van der Waals surface area (Å²) in [5, 5.41) is 0.693. The molecule has 1 atom stereocenters. The number of aryl methyl sites for hydroxylation is 1. The zero-order valence-electron chi connectivity index (χ0n) is 9.69. The van der Waals surface area contributed by atoms with Gasteiger partial charge in [0.1, 0.15) is 0 Å². The molecule has 0 fully saturated rings. The van der Waals surface area contributed by atoms with E-state index in [0.717, 1.165) is 5.52 Å². The van der Waals surface area contributed by atoms with Crippen molar-refractivity contribution in [3.63, 3.8) is 0 Å². The van der Waals surface area contributed by atoms with Gasteiger partial charge in [0.2, 0.25) is 0 Å². The summed E-state index contributed by atoms with van der Waals surface area (Å²) in [5.74, 6) is 0. The van der Waals surface area contributed by atoms with Crippen LogP contribution < -0.4 is 0 Å². The first-order valence-electron chi connectivity index (χ1n) is 5.40. The minimum absolute atomic E-state index is 0.693. The number of benzene rings is 1. The molecule has 2 rings (SSSR count). The standard InChI is InChI=1S/C12H15NS3/c1-4-9(3)15-16-12-13-10-7-5-6-8(2)11(10)14-12/h5-7,9H,4H2,1-3H3. The molecule has 0 aliphatic rings. The number of hydrogen-bond donors (Lipinski definition) is 0. The summed E-state index contributed by atoms with van der Waals surface area (Å²) in [5.41, 5.74) is 2.47. The van der Waals surface area contributed by atoms with Crippen LogP contribution >= 0.6 is 32.9 Å². The highest BCUT2D eigenvalue weighted by Crippen LogP contribution is 2.40. The normalized spacial score (nSPS) is 13.2. The number of aromatic nitrogens is 1. The molecule has 1 nitrogen and oxygen atoms in total. The van der Waals surface area contributed by atoms with Gasteiger partial charge in [-0.3, -0.25) is 0 Å². The summed E-state index contributed by atoms with van der Waals surface area (Å²) in [7, 11) is 3.73. The third-order valence-corrected chi connectivity index (χ3v) is 7.01. The maximum atomic E-state index is 4.64. The molecule has 1 aromatic heterocycles. The highest BCUT2D eigenvalue weighted by atomic mass is 33.1. The Labute approximate surface area is 108 Å². The molecule has 0 radical (unpaired) electrons. The van der Waals surface area contributed by atoms with Gasteiger partial charge in [-0.05, 0) is 35.8 Å². The third kappa shape index (κ3) is 2.73. The molecule has 2 aromatic rings. The van der Waals surface area contributed by atoms with Crippen LogP contribution in [0.4, 0.5) is 0 Å². The fourth-order valence-electron chi connectivity index (χ4n) is 1.29. The van der Waals surface area contributed by atoms with E-state index < -0.39 is 0 Å². The van der Waals surface area contributed by atoms with Gasteiger partial charge < -0.3 is 0 Å². The van der Waals surface area contributed by atoms with Crippen LogP contribution in [0.5, 0.6) is 0 Å². The number of hydrogen-bond acceptors (Lipinski definition) is 4. The molecule has 86 valence electrons. The van der Waals surface area contributed by atoms with Crippen LogP contribution in [0.3, 0.4) is 0 Å². The van der Waals surface area contributed by atoms with Crippen LogP contribution in [-0.4, -0.2) is 10.2 Å². The van der Waals surface area contributed by atoms with E-state index in [4.69, 9.17) is 0 Å². The third-order valence-electron chi connectivity index (χ3n) is 2.45. The Kier molecular flexibility index (Phi) is 4.16. The predicted octanol–water partition coefficient (Wildman–Crippen LogP) is 5.14. The minimum atomic E-state index is 0.693. The summed E-state index contributed by atoms with van der Waals surface area (Å²) in [4.78, 5) is 4.64. The second-order valence-electron chi connectivity index (χ2n) is 3.80. The summed E-state index contributed by atoms with van der Waals surface area (Å²) in [6, 6.07) is 6.32. The second kappa shape index (κ2) is 5.43. The molecule has 0 saturated carbocycles. The van der Waals surface area contributed by atoms with Crippen molar-refractivity contribution in [3.05, 3.63) is 23.8 Å². The van der Waals surface area contributed by atoms with Crippen LogP contribution in [0.2, 0.25) is 0 Å². The Morgan fingerprint density at radius 1 is 1.44 bits per heavy atom. The molecule has 4 heteroatoms. The lowest BCUT2D eigenvalue weighted by atomic mass is 10.2. The highest BCUT2D eigenvalue weighted by Gasteiger charge is 2.08. The van der Waals surface area contributed by atoms with Gasteiger partial charge in [0, 0.05) is 5.25 Å². The number of nitrogens with zero attached hydrogens (tertiary/aromatic N) is 1. The van der Waals surface area contributed by atoms with Gasteiger partial charge in [-0.15, -0.1) is 11.3 Å². The average Bonchev–Trinajstić information content (AvgIpc) is 2.70. The van der Waals surface area contributed by atoms with E-state index in [1.165, 1.54) is 21.0 Å². The minimum Gasteiger partial charge on any atom is -0.229 e. The van der Waals surface area contributed by atoms with E-state index in [2.05, 4.69) is 44.0 Å². The molecule has 1 unspecified atom stereocenters. The van der Waals surface area contributed by atoms with Gasteiger partial charge >= 0.3 is 0 Å². The van der Waals surface area contributed by atoms with Crippen LogP contribution in [0.15, 0.2) is 22.5 Å². The molecule has 0 aliphatic heterocycles. The van der Waals surface area contributed by atoms with E-state index in [0.29, 0.717) is 5.25 Å². The molecular formula is C12H15NS3. The maximum Gasteiger partial charge on any atom is 0.161 e. The summed E-state index contributed by atoms with van der Waals surface area (Å²) < 4.78 is 2.50. The molecular weight excluding hydrogens is 254 g/mol. The fourth-order valence-corrected chi connectivity index (χ4v) is 4.88. The number of rotatable bonds is 4. The lowest BCUT2D eigenvalue weighted by Gasteiger charge is -2.03. The van der Waals surface area contributed by atoms with Gasteiger partial charge in [-0.25, -0.2) is 4.98 Å². The Morgan fingerprint density at radius 3 is 2.94 bits per heavy atom. The summed E-state index contributed by atoms with van der Waals surface area (Å²) in [6.45, 7) is 6.63. The Hall–Kier alpha value is -0.190. The van der Waals surface area contributed by atoms with Crippen molar-refractivity contribution in [2.75, 3.05) is 0 Å². The quantitative estimate of drug-likeness (QED) is 0.713. The Morgan fingerprint density at radius 2 is 2.25 bits per heavy atom. The first-order chi connectivity index (χ1) is 7.70. The topological polar surface area (TPSA) is 12.9 Å². The molecule has 0 bridgehead atoms. The van der Waals surface area contributed by atoms with Crippen molar-refractivity contribution in [1.82, 2.24) is 4.98 Å². The lowest BCUT2D eigenvalue weighted by molar-refractivity contribution is 0.912. The van der Waals surface area contributed by atoms with Gasteiger partial charge in [-0.1, -0.05) is 36.8 Å². The maximum absolute atomic E-state index is 4.64. The first kappa shape index (κ1) is 12.3. The fraction of sp³-hybridized carbons (Fsp3) is 0.417. The van der Waals surface area contributed by atoms with Crippen molar-refractivity contribution in [3.8, 4) is 0 Å². The van der Waals surface area contributed by atoms with Gasteiger partial charge in [-0.2, -0.15) is 0 Å². The van der Waals surface area contributed by atoms with Crippen LogP contribution in [0, 0.1) is 6.92 Å². The van der Waals surface area contributed by atoms with E-state index in [9.17, 15) is 0 Å². The highest BCUT2D eigenvalue weighted by molar-refractivity contribution is 8.77. The monoisotopic (exact) mass is 269 g/mol. The van der Waals surface area contributed by atoms with Crippen molar-refractivity contribution in [2.24, 2.45) is 0 Å². The van der Waals surface area contributed by atoms with Crippen molar-refractivity contribution in [2.45, 2.75) is 36.8 Å². The first-order valence-corrected chi connectivity index (χ1v) is 8.43. The largest absolute Gasteiger partial charge is 0.229 e. The predicted molar refractivity (Wildman–Crippen MR) is 77.6 cm³/mol. The Bertz CT molecular complexity index is 478. The molecule has 0 N–H and O–H groups in total. The SMILES string of the molecule is CCC(C)SSc1nc2cccc(C)c2s1. The van der Waals surface area contributed by atoms with E-state index in [-0.39, 0.29) is 0 Å². The molecule has 0 saturated heterocycles. The second-order valence-corrected chi connectivity index (χ2v) is 7.69. The number of fused-ring (bicyclic) bond motifs is 1. The summed E-state index contributed by atoms with van der Waals surface area (Å²) >= 11 is 1.81. The van der Waals surface area contributed by atoms with E-state index in [1.54, 1.807) is 0 Å². The molecule has 0 aliphatic carbocycles. The van der Waals surface area contributed by atoms with Crippen molar-refractivity contribution >= 4 is 43.1 Å². The molecule has 16 heavy (non-hydrogen) atoms. The lowest BCUT2D eigenvalue weighted by Crippen LogP contribution is -1.87. The van der Waals surface area contributed by atoms with Crippen LogP contribution in [0.25, 0.3) is 10.2 Å². The molecule has 0 spiro atoms. The van der Waals surface area contributed by atoms with Gasteiger partial charge in [0.15, 0.2) is 4.34 Å². The molecule has 0 amide bonds. The zero-order valence-corrected chi connectivity index (χ0v) is 12.1. The summed E-state index contributed by atoms with van der Waals surface area (Å²) in [6.07, 6.45) is 1.21. The van der Waals surface area contributed by atoms with Gasteiger partial charge in [0.25, 0.3) is 0 Å². The Balaban J connectivity index is 2.17. The molecule has 1 aromatic carbocycles. The van der Waals surface area contributed by atoms with Crippen LogP contribution in [0.1, 0.15) is 25.8 Å².